The molecule has 1 aromatic heterocycles. The molecule has 2 N–H and O–H groups in total. The van der Waals surface area contributed by atoms with Gasteiger partial charge < -0.3 is 15.2 Å². The molecule has 8 unspecified atom stereocenters. The summed E-state index contributed by atoms with van der Waals surface area (Å²) in [5.74, 6) is 10.9. The SMILES string of the molecule is COC(=O)c1c(C)nc2ccc(C#CC3CCC4(C)C(CCC5C4CCC4(C)C5CCC4[C@H](C)CCC(=O)O)C3)cc2c1NCc1ccccc1. The van der Waals surface area contributed by atoms with E-state index in [-0.39, 0.29) is 0 Å². The molecule has 1 heterocycles. The van der Waals surface area contributed by atoms with Crippen LogP contribution in [0.3, 0.4) is 0 Å². The number of aliphatic carboxylic acids is 1. The summed E-state index contributed by atoms with van der Waals surface area (Å²) in [6.07, 6.45) is 12.6. The summed E-state index contributed by atoms with van der Waals surface area (Å²) < 4.78 is 5.19. The highest BCUT2D eigenvalue weighted by molar-refractivity contribution is 6.06. The Morgan fingerprint density at radius 3 is 2.53 bits per heavy atom. The second kappa shape index (κ2) is 14.3. The summed E-state index contributed by atoms with van der Waals surface area (Å²) in [7, 11) is 1.42. The lowest BCUT2D eigenvalue weighted by molar-refractivity contribution is -0.137. The van der Waals surface area contributed by atoms with Crippen molar-refractivity contribution in [3.8, 4) is 11.8 Å². The molecule has 0 aliphatic heterocycles. The minimum atomic E-state index is -0.656. The predicted octanol–water partition coefficient (Wildman–Crippen LogP) is 10.1. The molecule has 7 rings (SSSR count). The number of esters is 1. The van der Waals surface area contributed by atoms with Gasteiger partial charge in [0.15, 0.2) is 0 Å². The van der Waals surface area contributed by atoms with Crippen LogP contribution in [-0.4, -0.2) is 29.1 Å². The summed E-state index contributed by atoms with van der Waals surface area (Å²) in [5, 5.41) is 13.7. The van der Waals surface area contributed by atoms with Gasteiger partial charge in [-0.3, -0.25) is 9.78 Å². The quantitative estimate of drug-likeness (QED) is 0.181. The summed E-state index contributed by atoms with van der Waals surface area (Å²) >= 11 is 0. The first-order valence-corrected chi connectivity index (χ1v) is 19.6. The smallest absolute Gasteiger partial charge is 0.341 e. The van der Waals surface area contributed by atoms with Crippen LogP contribution in [0.15, 0.2) is 48.5 Å². The average Bonchev–Trinajstić information content (AvgIpc) is 3.49. The van der Waals surface area contributed by atoms with Gasteiger partial charge in [0.25, 0.3) is 0 Å². The molecule has 6 heteroatoms. The molecule has 4 aliphatic carbocycles. The van der Waals surface area contributed by atoms with E-state index in [2.05, 4.69) is 62.2 Å². The molecule has 0 spiro atoms. The summed E-state index contributed by atoms with van der Waals surface area (Å²) in [4.78, 5) is 29.1. The van der Waals surface area contributed by atoms with E-state index in [1.165, 1.54) is 58.5 Å². The number of nitrogens with one attached hydrogen (secondary N) is 1. The minimum absolute atomic E-state index is 0.301. The first-order chi connectivity index (χ1) is 24.5. The van der Waals surface area contributed by atoms with E-state index in [1.54, 1.807) is 0 Å². The molecule has 0 bridgehead atoms. The second-order valence-electron chi connectivity index (χ2n) is 17.0. The second-order valence-corrected chi connectivity index (χ2v) is 17.0. The van der Waals surface area contributed by atoms with Gasteiger partial charge in [0.2, 0.25) is 0 Å². The van der Waals surface area contributed by atoms with Crippen molar-refractivity contribution in [2.45, 2.75) is 105 Å². The first kappa shape index (κ1) is 35.5. The van der Waals surface area contributed by atoms with Crippen LogP contribution in [-0.2, 0) is 16.1 Å². The molecule has 3 aromatic rings. The van der Waals surface area contributed by atoms with Crippen LogP contribution in [0.1, 0.15) is 119 Å². The number of ether oxygens (including phenoxy) is 1. The Hall–Kier alpha value is -3.85. The van der Waals surface area contributed by atoms with Crippen molar-refractivity contribution >= 4 is 28.5 Å². The highest BCUT2D eigenvalue weighted by atomic mass is 16.5. The molecule has 2 aromatic carbocycles. The number of carbonyl (C=O) groups is 2. The first-order valence-electron chi connectivity index (χ1n) is 19.6. The Morgan fingerprint density at radius 1 is 1.00 bits per heavy atom. The third-order valence-corrected chi connectivity index (χ3v) is 14.5. The lowest BCUT2D eigenvalue weighted by atomic mass is 9.44. The van der Waals surface area contributed by atoms with Gasteiger partial charge in [0, 0.05) is 29.8 Å². The summed E-state index contributed by atoms with van der Waals surface area (Å²) in [6.45, 7) is 9.97. The van der Waals surface area contributed by atoms with Gasteiger partial charge in [-0.25, -0.2) is 4.79 Å². The molecule has 4 fully saturated rings. The maximum atomic E-state index is 13.0. The van der Waals surface area contributed by atoms with Crippen molar-refractivity contribution < 1.29 is 19.4 Å². The van der Waals surface area contributed by atoms with Crippen molar-refractivity contribution in [3.05, 3.63) is 70.9 Å². The zero-order chi connectivity index (χ0) is 35.9. The van der Waals surface area contributed by atoms with Crippen LogP contribution in [0, 0.1) is 71.0 Å². The molecule has 0 saturated heterocycles. The van der Waals surface area contributed by atoms with Crippen molar-refractivity contribution in [1.82, 2.24) is 4.98 Å². The van der Waals surface area contributed by atoms with E-state index in [4.69, 9.17) is 9.72 Å². The number of benzene rings is 2. The maximum Gasteiger partial charge on any atom is 0.341 e. The van der Waals surface area contributed by atoms with E-state index in [0.29, 0.717) is 52.8 Å². The van der Waals surface area contributed by atoms with Gasteiger partial charge >= 0.3 is 11.9 Å². The summed E-state index contributed by atoms with van der Waals surface area (Å²) in [5.41, 5.74) is 5.53. The average molecular weight is 689 g/mol. The van der Waals surface area contributed by atoms with Gasteiger partial charge in [-0.1, -0.05) is 62.9 Å². The number of anilines is 1. The number of aryl methyl sites for hydroxylation is 1. The zero-order valence-corrected chi connectivity index (χ0v) is 31.3. The fourth-order valence-corrected chi connectivity index (χ4v) is 11.9. The molecule has 9 atom stereocenters. The largest absolute Gasteiger partial charge is 0.481 e. The van der Waals surface area contributed by atoms with E-state index < -0.39 is 11.9 Å². The number of methoxy groups -OCH3 is 1. The summed E-state index contributed by atoms with van der Waals surface area (Å²) in [6, 6.07) is 16.4. The van der Waals surface area contributed by atoms with Gasteiger partial charge in [-0.05, 0) is 141 Å². The molecular weight excluding hydrogens is 633 g/mol. The Bertz CT molecular complexity index is 1840. The third-order valence-electron chi connectivity index (χ3n) is 14.5. The van der Waals surface area contributed by atoms with Gasteiger partial charge in [0.05, 0.1) is 24.0 Å². The lowest BCUT2D eigenvalue weighted by Gasteiger charge is -2.61. The number of pyridine rings is 1. The van der Waals surface area contributed by atoms with Crippen molar-refractivity contribution in [3.63, 3.8) is 0 Å². The Balaban J connectivity index is 1.07. The molecule has 0 radical (unpaired) electrons. The van der Waals surface area contributed by atoms with Crippen LogP contribution in [0.4, 0.5) is 5.69 Å². The molecule has 6 nitrogen and oxygen atoms in total. The highest BCUT2D eigenvalue weighted by Crippen LogP contribution is 2.68. The molecule has 51 heavy (non-hydrogen) atoms. The van der Waals surface area contributed by atoms with E-state index in [1.807, 2.05) is 31.2 Å². The van der Waals surface area contributed by atoms with Crippen LogP contribution in [0.5, 0.6) is 0 Å². The molecule has 4 aliphatic rings. The lowest BCUT2D eigenvalue weighted by Crippen LogP contribution is -2.53. The Kier molecular flexibility index (Phi) is 9.96. The van der Waals surface area contributed by atoms with Crippen molar-refractivity contribution in [2.75, 3.05) is 12.4 Å². The standard InChI is InChI=1S/C45H56N2O4/c1-28(11-20-40(48)49)36-17-18-37-34-16-15-33-25-31(21-23-44(33,3)38(34)22-24-45(36,37)4)13-12-30-14-19-39-35(26-30)42(41(29(2)47-39)43(50)51-5)46-27-32-9-7-6-8-10-32/h6-10,14,19,26,28,31,33-34,36-38H,11,15-18,20-25,27H2,1-5H3,(H,46,47)(H,48,49)/t28-,31?,33?,34?,36?,37?,38?,44?,45?/m1/s1. The fourth-order valence-electron chi connectivity index (χ4n) is 11.9. The normalized spacial score (nSPS) is 31.7. The van der Waals surface area contributed by atoms with Crippen LogP contribution in [0.2, 0.25) is 0 Å². The van der Waals surface area contributed by atoms with Crippen molar-refractivity contribution in [2.24, 2.45) is 52.3 Å². The van der Waals surface area contributed by atoms with Gasteiger partial charge in [-0.2, -0.15) is 0 Å². The van der Waals surface area contributed by atoms with Crippen LogP contribution < -0.4 is 5.32 Å². The number of hydrogen-bond donors (Lipinski definition) is 2. The topological polar surface area (TPSA) is 88.5 Å². The third kappa shape index (κ3) is 6.67. The number of carboxylic acids is 1. The number of carboxylic acid groups (broad SMARTS) is 1. The number of rotatable bonds is 8. The van der Waals surface area contributed by atoms with E-state index >= 15 is 0 Å². The van der Waals surface area contributed by atoms with E-state index in [9.17, 15) is 14.7 Å². The molecule has 4 saturated carbocycles. The van der Waals surface area contributed by atoms with Gasteiger partial charge in [0.1, 0.15) is 5.56 Å². The monoisotopic (exact) mass is 688 g/mol. The predicted molar refractivity (Wildman–Crippen MR) is 203 cm³/mol. The molecule has 270 valence electrons. The number of aromatic nitrogens is 1. The van der Waals surface area contributed by atoms with E-state index in [0.717, 1.165) is 64.2 Å². The molecule has 0 amide bonds. The Labute approximate surface area is 304 Å². The number of nitrogens with zero attached hydrogens (tertiary/aromatic N) is 1. The van der Waals surface area contributed by atoms with Crippen LogP contribution >= 0.6 is 0 Å². The zero-order valence-electron chi connectivity index (χ0n) is 31.3. The maximum absolute atomic E-state index is 13.0. The number of fused-ring (bicyclic) bond motifs is 6. The van der Waals surface area contributed by atoms with Crippen LogP contribution in [0.25, 0.3) is 10.9 Å². The number of carbonyl (C=O) groups excluding carboxylic acids is 1. The van der Waals surface area contributed by atoms with Crippen molar-refractivity contribution in [1.29, 1.82) is 0 Å². The van der Waals surface area contributed by atoms with Gasteiger partial charge in [-0.15, -0.1) is 0 Å². The fraction of sp³-hybridized carbons (Fsp3) is 0.578. The highest BCUT2D eigenvalue weighted by Gasteiger charge is 2.60. The minimum Gasteiger partial charge on any atom is -0.481 e. The number of hydrogen-bond acceptors (Lipinski definition) is 5. The Morgan fingerprint density at radius 2 is 1.76 bits per heavy atom. The molecular formula is C45H56N2O4.